The number of nitrogens with zero attached hydrogens (tertiary/aromatic N) is 4. The Hall–Kier alpha value is -3.51. The first-order valence-electron chi connectivity index (χ1n) is 15.6. The molecule has 6 rings (SSSR count). The van der Waals surface area contributed by atoms with Gasteiger partial charge >= 0.3 is 0 Å². The molecule has 0 atom stereocenters. The maximum atomic E-state index is 13.8. The van der Waals surface area contributed by atoms with Crippen molar-refractivity contribution >= 4 is 11.8 Å². The molecule has 2 amide bonds. The number of piperidine rings is 1. The number of piperazine rings is 1. The van der Waals surface area contributed by atoms with Gasteiger partial charge in [0.1, 0.15) is 0 Å². The van der Waals surface area contributed by atoms with Gasteiger partial charge in [0.25, 0.3) is 5.91 Å². The second-order valence-electron chi connectivity index (χ2n) is 12.0. The van der Waals surface area contributed by atoms with Gasteiger partial charge in [-0.3, -0.25) is 14.5 Å². The third-order valence-electron chi connectivity index (χ3n) is 9.39. The number of rotatable bonds is 7. The number of likely N-dealkylation sites (tertiary alicyclic amines) is 1. The summed E-state index contributed by atoms with van der Waals surface area (Å²) in [4.78, 5) is 38.1. The minimum Gasteiger partial charge on any atom is -0.343 e. The van der Waals surface area contributed by atoms with Gasteiger partial charge in [0.2, 0.25) is 5.91 Å². The van der Waals surface area contributed by atoms with Crippen LogP contribution in [0.15, 0.2) is 72.8 Å². The molecule has 1 aliphatic carbocycles. The van der Waals surface area contributed by atoms with Crippen molar-refractivity contribution in [2.24, 2.45) is 5.92 Å². The molecule has 2 aromatic carbocycles. The van der Waals surface area contributed by atoms with Gasteiger partial charge in [-0.05, 0) is 37.3 Å². The highest BCUT2D eigenvalue weighted by molar-refractivity contribution is 5.96. The Labute approximate surface area is 244 Å². The number of carbonyl (C=O) groups is 2. The summed E-state index contributed by atoms with van der Waals surface area (Å²) in [5.74, 6) is 1.20. The first-order valence-corrected chi connectivity index (χ1v) is 15.6. The maximum Gasteiger partial charge on any atom is 0.254 e. The van der Waals surface area contributed by atoms with Crippen LogP contribution in [0, 0.1) is 5.92 Å². The molecule has 1 aromatic heterocycles. The van der Waals surface area contributed by atoms with Crippen molar-refractivity contribution in [3.63, 3.8) is 0 Å². The van der Waals surface area contributed by atoms with Crippen molar-refractivity contribution in [3.05, 3.63) is 78.4 Å². The largest absolute Gasteiger partial charge is 0.343 e. The fourth-order valence-electron chi connectivity index (χ4n) is 6.91. The van der Waals surface area contributed by atoms with Crippen LogP contribution in [0.4, 0.5) is 0 Å². The first-order chi connectivity index (χ1) is 20.1. The van der Waals surface area contributed by atoms with Crippen LogP contribution in [-0.2, 0) is 4.79 Å². The number of pyridine rings is 1. The van der Waals surface area contributed by atoms with E-state index in [4.69, 9.17) is 4.98 Å². The number of carbonyl (C=O) groups excluding carboxylic acids is 2. The molecule has 3 aromatic rings. The molecule has 2 saturated heterocycles. The molecule has 3 aliphatic rings. The van der Waals surface area contributed by atoms with E-state index in [9.17, 15) is 9.59 Å². The van der Waals surface area contributed by atoms with E-state index in [1.165, 1.54) is 25.7 Å². The molecule has 0 radical (unpaired) electrons. The molecular formula is C35H42N4O2. The summed E-state index contributed by atoms with van der Waals surface area (Å²) in [6, 6.07) is 24.5. The van der Waals surface area contributed by atoms with Gasteiger partial charge in [-0.15, -0.1) is 0 Å². The lowest BCUT2D eigenvalue weighted by molar-refractivity contribution is -0.133. The van der Waals surface area contributed by atoms with E-state index in [1.54, 1.807) is 0 Å². The fraction of sp³-hybridized carbons (Fsp3) is 0.457. The number of hydrogen-bond donors (Lipinski definition) is 0. The predicted octanol–water partition coefficient (Wildman–Crippen LogP) is 6.13. The number of hydrogen-bond acceptors (Lipinski definition) is 4. The molecule has 2 aliphatic heterocycles. The SMILES string of the molecule is O=C(CCC1CCCC1)N1CCC(N2CCN(C(=O)c3cc(-c4ccccc4)nc(-c4ccccc4)c3)CC2)CC1. The van der Waals surface area contributed by atoms with Crippen LogP contribution in [0.2, 0.25) is 0 Å². The van der Waals surface area contributed by atoms with Crippen LogP contribution in [0.5, 0.6) is 0 Å². The van der Waals surface area contributed by atoms with Crippen molar-refractivity contribution in [2.75, 3.05) is 39.3 Å². The lowest BCUT2D eigenvalue weighted by atomic mass is 9.99. The molecule has 214 valence electrons. The number of aromatic nitrogens is 1. The minimum atomic E-state index is 0.0732. The lowest BCUT2D eigenvalue weighted by Crippen LogP contribution is -2.54. The van der Waals surface area contributed by atoms with Crippen LogP contribution < -0.4 is 0 Å². The highest BCUT2D eigenvalue weighted by atomic mass is 16.2. The zero-order valence-electron chi connectivity index (χ0n) is 24.1. The maximum absolute atomic E-state index is 13.8. The minimum absolute atomic E-state index is 0.0732. The third kappa shape index (κ3) is 6.70. The third-order valence-corrected chi connectivity index (χ3v) is 9.39. The summed E-state index contributed by atoms with van der Waals surface area (Å²) in [6.45, 7) is 4.96. The second kappa shape index (κ2) is 13.0. The monoisotopic (exact) mass is 550 g/mol. The fourth-order valence-corrected chi connectivity index (χ4v) is 6.91. The van der Waals surface area contributed by atoms with E-state index in [2.05, 4.69) is 9.80 Å². The van der Waals surface area contributed by atoms with E-state index in [0.29, 0.717) is 17.5 Å². The van der Waals surface area contributed by atoms with Crippen molar-refractivity contribution in [2.45, 2.75) is 57.4 Å². The Morgan fingerprint density at radius 2 is 1.24 bits per heavy atom. The highest BCUT2D eigenvalue weighted by Gasteiger charge is 2.31. The van der Waals surface area contributed by atoms with Crippen LogP contribution in [0.25, 0.3) is 22.5 Å². The molecule has 41 heavy (non-hydrogen) atoms. The van der Waals surface area contributed by atoms with Crippen molar-refractivity contribution in [1.82, 2.24) is 19.7 Å². The molecule has 6 heteroatoms. The average molecular weight is 551 g/mol. The van der Waals surface area contributed by atoms with E-state index in [-0.39, 0.29) is 5.91 Å². The summed E-state index contributed by atoms with van der Waals surface area (Å²) in [6.07, 6.45) is 9.18. The standard InChI is InChI=1S/C35H42N4O2/c40-34(16-15-27-9-7-8-10-27)38-19-17-31(18-20-38)37-21-23-39(24-22-37)35(41)30-25-32(28-11-3-1-4-12-28)36-33(26-30)29-13-5-2-6-14-29/h1-6,11-14,25-27,31H,7-10,15-24H2. The molecule has 6 nitrogen and oxygen atoms in total. The zero-order valence-corrected chi connectivity index (χ0v) is 24.1. The quantitative estimate of drug-likeness (QED) is 0.355. The molecule has 1 saturated carbocycles. The van der Waals surface area contributed by atoms with Crippen molar-refractivity contribution in [3.8, 4) is 22.5 Å². The van der Waals surface area contributed by atoms with Crippen LogP contribution in [0.1, 0.15) is 61.7 Å². The summed E-state index contributed by atoms with van der Waals surface area (Å²) in [5, 5.41) is 0. The van der Waals surface area contributed by atoms with Crippen molar-refractivity contribution < 1.29 is 9.59 Å². The molecule has 0 bridgehead atoms. The Kier molecular flexibility index (Phi) is 8.76. The van der Waals surface area contributed by atoms with Gasteiger partial charge in [0, 0.05) is 68.4 Å². The predicted molar refractivity (Wildman–Crippen MR) is 163 cm³/mol. The van der Waals surface area contributed by atoms with Crippen LogP contribution in [0.3, 0.4) is 0 Å². The summed E-state index contributed by atoms with van der Waals surface area (Å²) < 4.78 is 0. The van der Waals surface area contributed by atoms with Gasteiger partial charge in [-0.25, -0.2) is 4.98 Å². The van der Waals surface area contributed by atoms with E-state index in [0.717, 1.165) is 93.4 Å². The normalized spacial score (nSPS) is 19.0. The number of benzene rings is 2. The topological polar surface area (TPSA) is 56.8 Å². The second-order valence-corrected chi connectivity index (χ2v) is 12.0. The molecule has 0 unspecified atom stereocenters. The smallest absolute Gasteiger partial charge is 0.254 e. The van der Waals surface area contributed by atoms with Gasteiger partial charge in [0.05, 0.1) is 11.4 Å². The zero-order chi connectivity index (χ0) is 28.0. The lowest BCUT2D eigenvalue weighted by Gasteiger charge is -2.42. The Morgan fingerprint density at radius 1 is 0.683 bits per heavy atom. The Bertz CT molecular complexity index is 1250. The molecule has 3 heterocycles. The van der Waals surface area contributed by atoms with E-state index < -0.39 is 0 Å². The van der Waals surface area contributed by atoms with Crippen LogP contribution >= 0.6 is 0 Å². The van der Waals surface area contributed by atoms with Gasteiger partial charge in [-0.2, -0.15) is 0 Å². The first kappa shape index (κ1) is 27.6. The van der Waals surface area contributed by atoms with Crippen LogP contribution in [-0.4, -0.2) is 76.8 Å². The summed E-state index contributed by atoms with van der Waals surface area (Å²) >= 11 is 0. The van der Waals surface area contributed by atoms with Gasteiger partial charge in [0.15, 0.2) is 0 Å². The Balaban J connectivity index is 1.06. The van der Waals surface area contributed by atoms with E-state index in [1.807, 2.05) is 77.7 Å². The molecular weight excluding hydrogens is 508 g/mol. The molecule has 0 N–H and O–H groups in total. The molecule has 3 fully saturated rings. The van der Waals surface area contributed by atoms with Gasteiger partial charge < -0.3 is 9.80 Å². The Morgan fingerprint density at radius 3 is 1.80 bits per heavy atom. The summed E-state index contributed by atoms with van der Waals surface area (Å²) in [5.41, 5.74) is 4.34. The van der Waals surface area contributed by atoms with Gasteiger partial charge in [-0.1, -0.05) is 86.3 Å². The van der Waals surface area contributed by atoms with E-state index >= 15 is 0 Å². The molecule has 0 spiro atoms. The number of amides is 2. The summed E-state index contributed by atoms with van der Waals surface area (Å²) in [7, 11) is 0. The highest BCUT2D eigenvalue weighted by Crippen LogP contribution is 2.30. The average Bonchev–Trinajstić information content (AvgIpc) is 3.58. The van der Waals surface area contributed by atoms with Crippen molar-refractivity contribution in [1.29, 1.82) is 0 Å².